The lowest BCUT2D eigenvalue weighted by Crippen LogP contribution is -2.36. The number of H-pyrrole nitrogens is 1. The zero-order valence-electron chi connectivity index (χ0n) is 20.6. The second kappa shape index (κ2) is 10.7. The lowest BCUT2D eigenvalue weighted by Gasteiger charge is -2.36. The largest absolute Gasteiger partial charge is 0.382 e. The van der Waals surface area contributed by atoms with E-state index in [0.717, 1.165) is 22.5 Å². The molecule has 1 aromatic heterocycles. The van der Waals surface area contributed by atoms with E-state index >= 15 is 0 Å². The van der Waals surface area contributed by atoms with E-state index in [-0.39, 0.29) is 24.1 Å². The fraction of sp³-hybridized carbons (Fsp3) is 0.538. The first kappa shape index (κ1) is 25.3. The topological polar surface area (TPSA) is 77.2 Å². The number of hydrogen-bond acceptors (Lipinski definition) is 4. The summed E-state index contributed by atoms with van der Waals surface area (Å²) in [5.41, 5.74) is 4.33. The lowest BCUT2D eigenvalue weighted by atomic mass is 9.81. The van der Waals surface area contributed by atoms with Crippen LogP contribution in [0, 0.1) is 26.7 Å². The standard InChI is InChI=1S/C26H37ClN4O2/c1-15-11-16(2)29-26(33)23(15)14-28-25(32)22-12-20(27)13-24(17(22)3)30-18(4)19-7-9-21(10-8-19)31(5)6/h11-13,18-19,21,30H,7-10,14H2,1-6H3,(H,28,32)(H,29,33). The van der Waals surface area contributed by atoms with E-state index < -0.39 is 0 Å². The van der Waals surface area contributed by atoms with E-state index in [1.165, 1.54) is 25.7 Å². The summed E-state index contributed by atoms with van der Waals surface area (Å²) in [6.07, 6.45) is 4.80. The van der Waals surface area contributed by atoms with Gasteiger partial charge in [-0.1, -0.05) is 11.6 Å². The maximum atomic E-state index is 13.0. The lowest BCUT2D eigenvalue weighted by molar-refractivity contribution is 0.0950. The van der Waals surface area contributed by atoms with Gasteiger partial charge in [0.2, 0.25) is 0 Å². The first-order chi connectivity index (χ1) is 15.6. The van der Waals surface area contributed by atoms with Crippen molar-refractivity contribution < 1.29 is 4.79 Å². The van der Waals surface area contributed by atoms with Crippen molar-refractivity contribution in [3.05, 3.63) is 61.5 Å². The number of aryl methyl sites for hydroxylation is 2. The molecule has 1 aliphatic rings. The molecule has 0 spiro atoms. The van der Waals surface area contributed by atoms with Crippen molar-refractivity contribution in [3.63, 3.8) is 0 Å². The summed E-state index contributed by atoms with van der Waals surface area (Å²) in [6, 6.07) is 6.44. The predicted molar refractivity (Wildman–Crippen MR) is 136 cm³/mol. The minimum absolute atomic E-state index is 0.167. The van der Waals surface area contributed by atoms with Crippen LogP contribution in [-0.2, 0) is 6.54 Å². The van der Waals surface area contributed by atoms with Gasteiger partial charge in [0.1, 0.15) is 0 Å². The molecule has 1 heterocycles. The number of aromatic amines is 1. The van der Waals surface area contributed by atoms with E-state index in [4.69, 9.17) is 11.6 Å². The van der Waals surface area contributed by atoms with E-state index in [2.05, 4.69) is 41.5 Å². The Morgan fingerprint density at radius 1 is 1.15 bits per heavy atom. The van der Waals surface area contributed by atoms with Crippen molar-refractivity contribution in [2.75, 3.05) is 19.4 Å². The number of nitrogens with one attached hydrogen (secondary N) is 3. The molecule has 1 unspecified atom stereocenters. The number of carbonyl (C=O) groups is 1. The molecule has 3 N–H and O–H groups in total. The van der Waals surface area contributed by atoms with E-state index in [1.807, 2.05) is 32.9 Å². The van der Waals surface area contributed by atoms with Crippen LogP contribution in [0.25, 0.3) is 0 Å². The number of nitrogens with zero attached hydrogens (tertiary/aromatic N) is 1. The number of pyridine rings is 1. The highest BCUT2D eigenvalue weighted by Crippen LogP contribution is 2.32. The first-order valence-electron chi connectivity index (χ1n) is 11.8. The van der Waals surface area contributed by atoms with Crippen molar-refractivity contribution >= 4 is 23.2 Å². The molecule has 1 amide bonds. The smallest absolute Gasteiger partial charge is 0.253 e. The van der Waals surface area contributed by atoms with Crippen LogP contribution in [0.4, 0.5) is 5.69 Å². The van der Waals surface area contributed by atoms with Crippen molar-refractivity contribution in [3.8, 4) is 0 Å². The van der Waals surface area contributed by atoms with Crippen molar-refractivity contribution in [1.29, 1.82) is 0 Å². The minimum Gasteiger partial charge on any atom is -0.382 e. The number of rotatable bonds is 7. The molecule has 1 aromatic carbocycles. The van der Waals surface area contributed by atoms with Crippen LogP contribution < -0.4 is 16.2 Å². The Balaban J connectivity index is 1.70. The Hall–Kier alpha value is -2.31. The summed E-state index contributed by atoms with van der Waals surface area (Å²) < 4.78 is 0. The van der Waals surface area contributed by atoms with Gasteiger partial charge in [-0.3, -0.25) is 9.59 Å². The number of halogens is 1. The molecular formula is C26H37ClN4O2. The van der Waals surface area contributed by atoms with Crippen LogP contribution in [-0.4, -0.2) is 42.0 Å². The summed E-state index contributed by atoms with van der Waals surface area (Å²) in [6.45, 7) is 8.04. The summed E-state index contributed by atoms with van der Waals surface area (Å²) >= 11 is 6.39. The van der Waals surface area contributed by atoms with Crippen molar-refractivity contribution in [2.24, 2.45) is 5.92 Å². The van der Waals surface area contributed by atoms with Gasteiger partial charge in [-0.2, -0.15) is 0 Å². The van der Waals surface area contributed by atoms with Gasteiger partial charge in [0.25, 0.3) is 11.5 Å². The van der Waals surface area contributed by atoms with Crippen molar-refractivity contribution in [1.82, 2.24) is 15.2 Å². The summed E-state index contributed by atoms with van der Waals surface area (Å²) in [7, 11) is 4.32. The number of hydrogen-bond donors (Lipinski definition) is 3. The monoisotopic (exact) mass is 472 g/mol. The molecule has 1 aliphatic carbocycles. The van der Waals surface area contributed by atoms with Gasteiger partial charge in [0.15, 0.2) is 0 Å². The fourth-order valence-electron chi connectivity index (χ4n) is 4.91. The van der Waals surface area contributed by atoms with Crippen LogP contribution >= 0.6 is 11.6 Å². The normalized spacial score (nSPS) is 19.4. The van der Waals surface area contributed by atoms with Gasteiger partial charge in [-0.15, -0.1) is 0 Å². The molecule has 7 heteroatoms. The second-order valence-electron chi connectivity index (χ2n) is 9.72. The summed E-state index contributed by atoms with van der Waals surface area (Å²) in [4.78, 5) is 30.4. The average molecular weight is 473 g/mol. The molecule has 0 aliphatic heterocycles. The number of aromatic nitrogens is 1. The molecule has 2 aromatic rings. The van der Waals surface area contributed by atoms with E-state index in [9.17, 15) is 9.59 Å². The average Bonchev–Trinajstić information content (AvgIpc) is 2.75. The molecule has 6 nitrogen and oxygen atoms in total. The Bertz CT molecular complexity index is 1050. The van der Waals surface area contributed by atoms with Gasteiger partial charge in [0.05, 0.1) is 0 Å². The van der Waals surface area contributed by atoms with Crippen LogP contribution in [0.3, 0.4) is 0 Å². The number of carbonyl (C=O) groups excluding carboxylic acids is 1. The zero-order chi connectivity index (χ0) is 24.3. The Labute approximate surface area is 202 Å². The maximum Gasteiger partial charge on any atom is 0.253 e. The van der Waals surface area contributed by atoms with Gasteiger partial charge >= 0.3 is 0 Å². The Morgan fingerprint density at radius 2 is 1.82 bits per heavy atom. The molecule has 180 valence electrons. The summed E-state index contributed by atoms with van der Waals surface area (Å²) in [5.74, 6) is 0.352. The van der Waals surface area contributed by atoms with Gasteiger partial charge < -0.3 is 20.5 Å². The minimum atomic E-state index is -0.239. The molecule has 1 atom stereocenters. The molecule has 0 radical (unpaired) electrons. The SMILES string of the molecule is Cc1cc(C)c(CNC(=O)c2cc(Cl)cc(NC(C)C3CCC(N(C)C)CC3)c2C)c(=O)[nH]1. The molecule has 0 saturated heterocycles. The molecule has 33 heavy (non-hydrogen) atoms. The molecule has 3 rings (SSSR count). The highest BCUT2D eigenvalue weighted by Gasteiger charge is 2.27. The van der Waals surface area contributed by atoms with Crippen LogP contribution in [0.5, 0.6) is 0 Å². The van der Waals surface area contributed by atoms with Gasteiger partial charge in [0, 0.05) is 46.2 Å². The third kappa shape index (κ3) is 6.18. The molecule has 0 bridgehead atoms. The summed E-state index contributed by atoms with van der Waals surface area (Å²) in [5, 5.41) is 7.03. The number of anilines is 1. The van der Waals surface area contributed by atoms with E-state index in [0.29, 0.717) is 28.1 Å². The maximum absolute atomic E-state index is 13.0. The van der Waals surface area contributed by atoms with Crippen molar-refractivity contribution in [2.45, 2.75) is 72.0 Å². The first-order valence-corrected chi connectivity index (χ1v) is 12.1. The van der Waals surface area contributed by atoms with Gasteiger partial charge in [-0.05, 0) is 103 Å². The van der Waals surface area contributed by atoms with Gasteiger partial charge in [-0.25, -0.2) is 0 Å². The third-order valence-electron chi connectivity index (χ3n) is 7.10. The van der Waals surface area contributed by atoms with Crippen LogP contribution in [0.2, 0.25) is 5.02 Å². The molecule has 1 fully saturated rings. The molecular weight excluding hydrogens is 436 g/mol. The zero-order valence-corrected chi connectivity index (χ0v) is 21.4. The Kier molecular flexibility index (Phi) is 8.24. The molecule has 1 saturated carbocycles. The van der Waals surface area contributed by atoms with E-state index in [1.54, 1.807) is 6.07 Å². The third-order valence-corrected chi connectivity index (χ3v) is 7.32. The highest BCUT2D eigenvalue weighted by atomic mass is 35.5. The quantitative estimate of drug-likeness (QED) is 0.540. The van der Waals surface area contributed by atoms with Crippen LogP contribution in [0.15, 0.2) is 23.0 Å². The number of amides is 1. The van der Waals surface area contributed by atoms with Crippen LogP contribution in [0.1, 0.15) is 65.3 Å². The second-order valence-corrected chi connectivity index (χ2v) is 10.2. The predicted octanol–water partition coefficient (Wildman–Crippen LogP) is 4.80. The Morgan fingerprint density at radius 3 is 2.42 bits per heavy atom. The number of benzene rings is 1. The fourth-order valence-corrected chi connectivity index (χ4v) is 5.13. The highest BCUT2D eigenvalue weighted by molar-refractivity contribution is 6.31.